The van der Waals surface area contributed by atoms with Crippen LogP contribution in [0.5, 0.6) is 0 Å². The predicted molar refractivity (Wildman–Crippen MR) is 89.8 cm³/mol. The maximum absolute atomic E-state index is 12.0. The Hall–Kier alpha value is -1.16. The minimum Gasteiger partial charge on any atom is -0.387 e. The quantitative estimate of drug-likeness (QED) is 0.696. The summed E-state index contributed by atoms with van der Waals surface area (Å²) in [6.07, 6.45) is 1.00. The molecule has 0 aliphatic carbocycles. The summed E-state index contributed by atoms with van der Waals surface area (Å²) in [5.74, 6) is 0.0189. The maximum atomic E-state index is 12.0. The number of carbonyl (C=O) groups excluding carboxylic acids is 1. The largest absolute Gasteiger partial charge is 0.387 e. The van der Waals surface area contributed by atoms with E-state index in [2.05, 4.69) is 10.0 Å². The number of carbonyl (C=O) groups is 1. The molecule has 2 heterocycles. The molecule has 9 heteroatoms. The summed E-state index contributed by atoms with van der Waals surface area (Å²) < 4.78 is 24.8. The van der Waals surface area contributed by atoms with Gasteiger partial charge in [0.15, 0.2) is 0 Å². The van der Waals surface area contributed by atoms with E-state index in [1.807, 2.05) is 17.5 Å². The average Bonchev–Trinajstić information content (AvgIpc) is 3.08. The third-order valence-electron chi connectivity index (χ3n) is 4.07. The van der Waals surface area contributed by atoms with Crippen LogP contribution in [0.1, 0.15) is 23.8 Å². The molecule has 0 unspecified atom stereocenters. The van der Waals surface area contributed by atoms with Gasteiger partial charge in [-0.05, 0) is 37.3 Å². The molecule has 1 fully saturated rings. The van der Waals surface area contributed by atoms with E-state index in [4.69, 9.17) is 0 Å². The number of aliphatic hydroxyl groups is 1. The highest BCUT2D eigenvalue weighted by Gasteiger charge is 2.28. The number of sulfonamides is 1. The fourth-order valence-electron chi connectivity index (χ4n) is 2.62. The Morgan fingerprint density at radius 2 is 2.17 bits per heavy atom. The minimum atomic E-state index is -3.31. The van der Waals surface area contributed by atoms with Crippen LogP contribution in [-0.2, 0) is 10.0 Å². The van der Waals surface area contributed by atoms with Crippen molar-refractivity contribution in [1.29, 1.82) is 0 Å². The highest BCUT2D eigenvalue weighted by molar-refractivity contribution is 7.89. The Kier molecular flexibility index (Phi) is 6.40. The summed E-state index contributed by atoms with van der Waals surface area (Å²) in [6, 6.07) is 3.60. The van der Waals surface area contributed by atoms with Crippen LogP contribution in [0.25, 0.3) is 0 Å². The van der Waals surface area contributed by atoms with Gasteiger partial charge in [-0.2, -0.15) is 0 Å². The maximum Gasteiger partial charge on any atom is 0.317 e. The first kappa shape index (κ1) is 18.2. The molecule has 1 aromatic rings. The van der Waals surface area contributed by atoms with Crippen LogP contribution in [-0.4, -0.2) is 56.9 Å². The van der Waals surface area contributed by atoms with Crippen LogP contribution in [0.15, 0.2) is 17.5 Å². The number of hydrogen-bond acceptors (Lipinski definition) is 5. The van der Waals surface area contributed by atoms with Gasteiger partial charge in [-0.1, -0.05) is 6.07 Å². The number of likely N-dealkylation sites (tertiary alicyclic amines) is 1. The number of urea groups is 1. The van der Waals surface area contributed by atoms with Gasteiger partial charge in [-0.3, -0.25) is 0 Å². The van der Waals surface area contributed by atoms with Gasteiger partial charge in [-0.25, -0.2) is 17.9 Å². The molecule has 1 aliphatic heterocycles. The van der Waals surface area contributed by atoms with Gasteiger partial charge in [0, 0.05) is 24.5 Å². The van der Waals surface area contributed by atoms with Crippen LogP contribution in [0.2, 0.25) is 0 Å². The third kappa shape index (κ3) is 5.17. The molecule has 1 aromatic heterocycles. The second-order valence-electron chi connectivity index (χ2n) is 5.54. The van der Waals surface area contributed by atoms with Gasteiger partial charge < -0.3 is 15.3 Å². The SMILES string of the molecule is CNS(=O)(=O)CCNC(=O)N1CCC([C@@H](O)c2cccs2)CC1. The minimum absolute atomic E-state index is 0.0831. The van der Waals surface area contributed by atoms with Crippen LogP contribution in [0.3, 0.4) is 0 Å². The third-order valence-corrected chi connectivity index (χ3v) is 6.37. The highest BCUT2D eigenvalue weighted by atomic mass is 32.2. The lowest BCUT2D eigenvalue weighted by molar-refractivity contribution is 0.0691. The molecule has 130 valence electrons. The second-order valence-corrected chi connectivity index (χ2v) is 8.56. The molecule has 3 N–H and O–H groups in total. The van der Waals surface area contributed by atoms with Crippen LogP contribution < -0.4 is 10.0 Å². The predicted octanol–water partition coefficient (Wildman–Crippen LogP) is 0.752. The summed E-state index contributed by atoms with van der Waals surface area (Å²) >= 11 is 1.54. The molecule has 1 atom stereocenters. The first-order valence-electron chi connectivity index (χ1n) is 7.58. The van der Waals surface area contributed by atoms with E-state index in [-0.39, 0.29) is 24.2 Å². The lowest BCUT2D eigenvalue weighted by atomic mass is 9.90. The molecule has 0 saturated carbocycles. The van der Waals surface area contributed by atoms with Crippen molar-refractivity contribution in [1.82, 2.24) is 14.9 Å². The smallest absolute Gasteiger partial charge is 0.317 e. The van der Waals surface area contributed by atoms with Gasteiger partial charge in [0.1, 0.15) is 0 Å². The van der Waals surface area contributed by atoms with Crippen molar-refractivity contribution in [3.05, 3.63) is 22.4 Å². The fraction of sp³-hybridized carbons (Fsp3) is 0.643. The monoisotopic (exact) mass is 361 g/mol. The van der Waals surface area contributed by atoms with E-state index in [0.29, 0.717) is 13.1 Å². The van der Waals surface area contributed by atoms with Gasteiger partial charge in [0.05, 0.1) is 11.9 Å². The van der Waals surface area contributed by atoms with E-state index in [1.165, 1.54) is 7.05 Å². The number of rotatable bonds is 6. The number of nitrogens with one attached hydrogen (secondary N) is 2. The molecule has 1 saturated heterocycles. The Labute approximate surface area is 140 Å². The Balaban J connectivity index is 1.74. The molecule has 0 bridgehead atoms. The molecular formula is C14H23N3O4S2. The zero-order valence-corrected chi connectivity index (χ0v) is 14.7. The molecule has 0 aromatic carbocycles. The van der Waals surface area contributed by atoms with E-state index in [0.717, 1.165) is 17.7 Å². The zero-order chi connectivity index (χ0) is 16.9. The summed E-state index contributed by atoms with van der Waals surface area (Å²) in [6.45, 7) is 1.22. The lowest BCUT2D eigenvalue weighted by Gasteiger charge is -2.34. The van der Waals surface area contributed by atoms with Crippen molar-refractivity contribution in [3.8, 4) is 0 Å². The van der Waals surface area contributed by atoms with E-state index < -0.39 is 16.1 Å². The highest BCUT2D eigenvalue weighted by Crippen LogP contribution is 2.32. The summed E-state index contributed by atoms with van der Waals surface area (Å²) in [4.78, 5) is 14.7. The van der Waals surface area contributed by atoms with E-state index >= 15 is 0 Å². The van der Waals surface area contributed by atoms with Crippen LogP contribution in [0, 0.1) is 5.92 Å². The van der Waals surface area contributed by atoms with Gasteiger partial charge in [0.25, 0.3) is 0 Å². The lowest BCUT2D eigenvalue weighted by Crippen LogP contribution is -2.46. The zero-order valence-electron chi connectivity index (χ0n) is 13.1. The second kappa shape index (κ2) is 8.09. The molecule has 0 radical (unpaired) electrons. The summed E-state index contributed by atoms with van der Waals surface area (Å²) in [5.41, 5.74) is 0. The number of piperidine rings is 1. The molecule has 2 amide bonds. The molecule has 23 heavy (non-hydrogen) atoms. The Morgan fingerprint density at radius 3 is 2.74 bits per heavy atom. The van der Waals surface area contributed by atoms with Crippen molar-refractivity contribution in [2.45, 2.75) is 18.9 Å². The number of nitrogens with zero attached hydrogens (tertiary/aromatic N) is 1. The van der Waals surface area contributed by atoms with E-state index in [1.54, 1.807) is 16.2 Å². The first-order valence-corrected chi connectivity index (χ1v) is 10.1. The van der Waals surface area contributed by atoms with Gasteiger partial charge >= 0.3 is 6.03 Å². The summed E-state index contributed by atoms with van der Waals surface area (Å²) in [7, 11) is -1.96. The van der Waals surface area contributed by atoms with Crippen molar-refractivity contribution >= 4 is 27.4 Å². The van der Waals surface area contributed by atoms with Crippen LogP contribution >= 0.6 is 11.3 Å². The number of amides is 2. The van der Waals surface area contributed by atoms with Gasteiger partial charge in [0.2, 0.25) is 10.0 Å². The molecule has 1 aliphatic rings. The normalized spacial score (nSPS) is 17.9. The molecular weight excluding hydrogens is 338 g/mol. The van der Waals surface area contributed by atoms with Crippen molar-refractivity contribution in [2.24, 2.45) is 5.92 Å². The molecule has 2 rings (SSSR count). The summed E-state index contributed by atoms with van der Waals surface area (Å²) in [5, 5.41) is 14.9. The molecule has 0 spiro atoms. The Bertz CT molecular complexity index is 596. The number of thiophene rings is 1. The standard InChI is InChI=1S/C14H23N3O4S2/c1-15-23(20,21)10-6-16-14(19)17-7-4-11(5-8-17)13(18)12-3-2-9-22-12/h2-3,9,11,13,15,18H,4-8,10H2,1H3,(H,16,19)/t13-/m1/s1. The molecule has 7 nitrogen and oxygen atoms in total. The fourth-order valence-corrected chi connectivity index (χ4v) is 3.99. The first-order chi connectivity index (χ1) is 10.9. The number of aliphatic hydroxyl groups excluding tert-OH is 1. The number of hydrogen-bond donors (Lipinski definition) is 3. The van der Waals surface area contributed by atoms with Crippen LogP contribution in [0.4, 0.5) is 4.79 Å². The van der Waals surface area contributed by atoms with Crippen molar-refractivity contribution < 1.29 is 18.3 Å². The average molecular weight is 361 g/mol. The topological polar surface area (TPSA) is 98.7 Å². The van der Waals surface area contributed by atoms with Crippen molar-refractivity contribution in [3.63, 3.8) is 0 Å². The van der Waals surface area contributed by atoms with Gasteiger partial charge in [-0.15, -0.1) is 11.3 Å². The Morgan fingerprint density at radius 1 is 1.48 bits per heavy atom. The van der Waals surface area contributed by atoms with E-state index in [9.17, 15) is 18.3 Å². The van der Waals surface area contributed by atoms with Crippen molar-refractivity contribution in [2.75, 3.05) is 32.4 Å².